The van der Waals surface area contributed by atoms with Crippen LogP contribution in [-0.4, -0.2) is 15.5 Å². The summed E-state index contributed by atoms with van der Waals surface area (Å²) in [5.41, 5.74) is 1.32. The number of hydrogen-bond acceptors (Lipinski definition) is 2. The molecule has 4 nitrogen and oxygen atoms in total. The van der Waals surface area contributed by atoms with Gasteiger partial charge >= 0.3 is 0 Å². The molecule has 0 unspecified atom stereocenters. The van der Waals surface area contributed by atoms with Gasteiger partial charge in [0.25, 0.3) is 5.91 Å². The van der Waals surface area contributed by atoms with Gasteiger partial charge in [-0.15, -0.1) is 0 Å². The highest BCUT2D eigenvalue weighted by molar-refractivity contribution is 9.10. The highest BCUT2D eigenvalue weighted by atomic mass is 79.9. The van der Waals surface area contributed by atoms with Gasteiger partial charge in [0.05, 0.1) is 10.2 Å². The molecule has 0 atom stereocenters. The fourth-order valence-electron chi connectivity index (χ4n) is 1.59. The SMILES string of the molecule is CCn1cc(Br)cc1C(=O)Nc1ccncc1Br. The summed E-state index contributed by atoms with van der Waals surface area (Å²) in [6.07, 6.45) is 5.16. The molecule has 2 aromatic heterocycles. The lowest BCUT2D eigenvalue weighted by atomic mass is 10.3. The van der Waals surface area contributed by atoms with Crippen LogP contribution in [0.3, 0.4) is 0 Å². The maximum absolute atomic E-state index is 12.2. The van der Waals surface area contributed by atoms with Gasteiger partial charge in [0.2, 0.25) is 0 Å². The standard InChI is InChI=1S/C12H11Br2N3O/c1-2-17-7-8(13)5-11(17)12(18)16-10-3-4-15-6-9(10)14/h3-7H,2H2,1H3,(H,15,16,18). The predicted molar refractivity (Wildman–Crippen MR) is 77.7 cm³/mol. The lowest BCUT2D eigenvalue weighted by molar-refractivity contribution is 0.101. The molecule has 18 heavy (non-hydrogen) atoms. The van der Waals surface area contributed by atoms with Gasteiger partial charge in [-0.25, -0.2) is 0 Å². The molecule has 0 spiro atoms. The summed E-state index contributed by atoms with van der Waals surface area (Å²) in [5, 5.41) is 2.85. The Morgan fingerprint density at radius 3 is 2.94 bits per heavy atom. The quantitative estimate of drug-likeness (QED) is 0.893. The number of carbonyl (C=O) groups excluding carboxylic acids is 1. The van der Waals surface area contributed by atoms with E-state index < -0.39 is 0 Å². The van der Waals surface area contributed by atoms with Gasteiger partial charge in [-0.2, -0.15) is 0 Å². The molecule has 2 heterocycles. The van der Waals surface area contributed by atoms with Crippen molar-refractivity contribution in [1.29, 1.82) is 0 Å². The summed E-state index contributed by atoms with van der Waals surface area (Å²) in [4.78, 5) is 16.1. The number of rotatable bonds is 3. The molecule has 0 saturated carbocycles. The highest BCUT2D eigenvalue weighted by Crippen LogP contribution is 2.22. The Kier molecular flexibility index (Phi) is 4.19. The second kappa shape index (κ2) is 5.67. The summed E-state index contributed by atoms with van der Waals surface area (Å²) in [7, 11) is 0. The molecule has 0 radical (unpaired) electrons. The fourth-order valence-corrected chi connectivity index (χ4v) is 2.40. The van der Waals surface area contributed by atoms with Crippen LogP contribution in [0, 0.1) is 0 Å². The molecule has 0 aromatic carbocycles. The molecule has 94 valence electrons. The maximum Gasteiger partial charge on any atom is 0.272 e. The van der Waals surface area contributed by atoms with Crippen LogP contribution in [0.25, 0.3) is 0 Å². The minimum atomic E-state index is -0.144. The van der Waals surface area contributed by atoms with Crippen molar-refractivity contribution in [3.05, 3.63) is 45.4 Å². The lowest BCUT2D eigenvalue weighted by Crippen LogP contribution is -2.16. The van der Waals surface area contributed by atoms with Crippen molar-refractivity contribution in [2.75, 3.05) is 5.32 Å². The Morgan fingerprint density at radius 2 is 2.28 bits per heavy atom. The van der Waals surface area contributed by atoms with Crippen LogP contribution >= 0.6 is 31.9 Å². The van der Waals surface area contributed by atoms with Crippen molar-refractivity contribution in [2.45, 2.75) is 13.5 Å². The van der Waals surface area contributed by atoms with Crippen LogP contribution in [-0.2, 0) is 6.54 Å². The second-order valence-corrected chi connectivity index (χ2v) is 5.41. The van der Waals surface area contributed by atoms with Gasteiger partial charge in [0.1, 0.15) is 5.69 Å². The van der Waals surface area contributed by atoms with E-state index in [0.29, 0.717) is 11.4 Å². The van der Waals surface area contributed by atoms with Crippen molar-refractivity contribution in [3.8, 4) is 0 Å². The number of hydrogen-bond donors (Lipinski definition) is 1. The zero-order valence-electron chi connectivity index (χ0n) is 9.65. The van der Waals surface area contributed by atoms with Gasteiger partial charge in [-0.05, 0) is 50.9 Å². The van der Waals surface area contributed by atoms with Gasteiger partial charge < -0.3 is 9.88 Å². The lowest BCUT2D eigenvalue weighted by Gasteiger charge is -2.08. The van der Waals surface area contributed by atoms with Crippen LogP contribution in [0.1, 0.15) is 17.4 Å². The summed E-state index contributed by atoms with van der Waals surface area (Å²) in [6.45, 7) is 2.73. The van der Waals surface area contributed by atoms with Crippen molar-refractivity contribution < 1.29 is 4.79 Å². The number of amides is 1. The van der Waals surface area contributed by atoms with Crippen LogP contribution in [0.15, 0.2) is 39.7 Å². The summed E-state index contributed by atoms with van der Waals surface area (Å²) < 4.78 is 3.53. The molecule has 0 aliphatic rings. The maximum atomic E-state index is 12.2. The molecular formula is C12H11Br2N3O. The van der Waals surface area contributed by atoms with E-state index in [1.807, 2.05) is 17.7 Å². The molecular weight excluding hydrogens is 362 g/mol. The molecule has 0 fully saturated rings. The number of aryl methyl sites for hydroxylation is 1. The Labute approximate surface area is 122 Å². The first kappa shape index (κ1) is 13.3. The number of halogens is 2. The van der Waals surface area contributed by atoms with E-state index in [1.165, 1.54) is 0 Å². The number of pyridine rings is 1. The minimum Gasteiger partial charge on any atom is -0.343 e. The third-order valence-corrected chi connectivity index (χ3v) is 3.52. The molecule has 0 aliphatic heterocycles. The monoisotopic (exact) mass is 371 g/mol. The molecule has 2 aromatic rings. The first-order valence-corrected chi connectivity index (χ1v) is 6.97. The number of anilines is 1. The Balaban J connectivity index is 2.25. The largest absolute Gasteiger partial charge is 0.343 e. The minimum absolute atomic E-state index is 0.144. The van der Waals surface area contributed by atoms with E-state index in [-0.39, 0.29) is 5.91 Å². The third-order valence-electron chi connectivity index (χ3n) is 2.46. The van der Waals surface area contributed by atoms with Gasteiger partial charge in [-0.3, -0.25) is 9.78 Å². The van der Waals surface area contributed by atoms with Crippen molar-refractivity contribution >= 4 is 43.5 Å². The summed E-state index contributed by atoms with van der Waals surface area (Å²) in [5.74, 6) is -0.144. The van der Waals surface area contributed by atoms with Crippen LogP contribution in [0.2, 0.25) is 0 Å². The van der Waals surface area contributed by atoms with Crippen molar-refractivity contribution in [1.82, 2.24) is 9.55 Å². The van der Waals surface area contributed by atoms with E-state index in [2.05, 4.69) is 42.2 Å². The first-order chi connectivity index (χ1) is 8.61. The zero-order chi connectivity index (χ0) is 13.1. The summed E-state index contributed by atoms with van der Waals surface area (Å²) >= 11 is 6.72. The van der Waals surface area contributed by atoms with Gasteiger partial charge in [0, 0.05) is 29.6 Å². The molecule has 0 aliphatic carbocycles. The van der Waals surface area contributed by atoms with E-state index in [9.17, 15) is 4.79 Å². The number of aromatic nitrogens is 2. The Hall–Kier alpha value is -1.14. The average Bonchev–Trinajstić information content (AvgIpc) is 2.73. The molecule has 0 saturated heterocycles. The first-order valence-electron chi connectivity index (χ1n) is 5.38. The number of nitrogens with one attached hydrogen (secondary N) is 1. The average molecular weight is 373 g/mol. The van der Waals surface area contributed by atoms with Crippen LogP contribution in [0.4, 0.5) is 5.69 Å². The van der Waals surface area contributed by atoms with E-state index in [1.54, 1.807) is 24.5 Å². The van der Waals surface area contributed by atoms with Crippen molar-refractivity contribution in [3.63, 3.8) is 0 Å². The van der Waals surface area contributed by atoms with Gasteiger partial charge in [0.15, 0.2) is 0 Å². The highest BCUT2D eigenvalue weighted by Gasteiger charge is 2.13. The number of carbonyl (C=O) groups is 1. The molecule has 1 amide bonds. The zero-order valence-corrected chi connectivity index (χ0v) is 12.8. The van der Waals surface area contributed by atoms with E-state index in [4.69, 9.17) is 0 Å². The summed E-state index contributed by atoms with van der Waals surface area (Å²) in [6, 6.07) is 3.55. The molecule has 1 N–H and O–H groups in total. The smallest absolute Gasteiger partial charge is 0.272 e. The Morgan fingerprint density at radius 1 is 1.50 bits per heavy atom. The third kappa shape index (κ3) is 2.81. The molecule has 6 heteroatoms. The van der Waals surface area contributed by atoms with Crippen LogP contribution < -0.4 is 5.32 Å². The van der Waals surface area contributed by atoms with E-state index in [0.717, 1.165) is 15.5 Å². The molecule has 2 rings (SSSR count). The van der Waals surface area contributed by atoms with Crippen molar-refractivity contribution in [2.24, 2.45) is 0 Å². The van der Waals surface area contributed by atoms with Gasteiger partial charge in [-0.1, -0.05) is 0 Å². The predicted octanol–water partition coefficient (Wildman–Crippen LogP) is 3.68. The van der Waals surface area contributed by atoms with E-state index >= 15 is 0 Å². The molecule has 0 bridgehead atoms. The topological polar surface area (TPSA) is 46.9 Å². The normalized spacial score (nSPS) is 10.4. The van der Waals surface area contributed by atoms with Crippen LogP contribution in [0.5, 0.6) is 0 Å². The number of nitrogens with zero attached hydrogens (tertiary/aromatic N) is 2. The Bertz CT molecular complexity index is 580. The fraction of sp³-hybridized carbons (Fsp3) is 0.167. The second-order valence-electron chi connectivity index (χ2n) is 3.64.